The molecule has 6 nitrogen and oxygen atoms in total. The van der Waals surface area contributed by atoms with E-state index in [1.165, 1.54) is 22.5 Å². The second kappa shape index (κ2) is 8.92. The molecule has 0 atom stereocenters. The van der Waals surface area contributed by atoms with Gasteiger partial charge in [-0.25, -0.2) is 17.2 Å². The molecule has 2 aromatic carbocycles. The molecular formula is C22H25F2N3O3S. The van der Waals surface area contributed by atoms with E-state index in [4.69, 9.17) is 0 Å². The average molecular weight is 450 g/mol. The minimum atomic E-state index is -3.98. The average Bonchev–Trinajstić information content (AvgIpc) is 2.80. The van der Waals surface area contributed by atoms with Gasteiger partial charge in [0, 0.05) is 50.5 Å². The van der Waals surface area contributed by atoms with Crippen LogP contribution in [0.2, 0.25) is 0 Å². The molecule has 0 N–H and O–H groups in total. The lowest BCUT2D eigenvalue weighted by Crippen LogP contribution is -2.48. The number of anilines is 1. The minimum Gasteiger partial charge on any atom is -0.368 e. The highest BCUT2D eigenvalue weighted by molar-refractivity contribution is 7.89. The number of halogens is 2. The molecule has 2 fully saturated rings. The molecule has 2 saturated heterocycles. The minimum absolute atomic E-state index is 0.159. The number of sulfonamides is 1. The van der Waals surface area contributed by atoms with E-state index in [2.05, 4.69) is 4.90 Å². The highest BCUT2D eigenvalue weighted by Gasteiger charge is 2.30. The van der Waals surface area contributed by atoms with E-state index < -0.39 is 20.7 Å². The summed E-state index contributed by atoms with van der Waals surface area (Å²) in [5.41, 5.74) is 1.04. The van der Waals surface area contributed by atoms with Crippen molar-refractivity contribution in [2.45, 2.75) is 24.2 Å². The molecule has 2 aromatic rings. The Labute approximate surface area is 181 Å². The number of carbonyl (C=O) groups is 1. The number of hydrogen-bond donors (Lipinski definition) is 0. The molecular weight excluding hydrogens is 424 g/mol. The lowest BCUT2D eigenvalue weighted by atomic mass is 10.1. The van der Waals surface area contributed by atoms with Gasteiger partial charge in [0.05, 0.1) is 0 Å². The van der Waals surface area contributed by atoms with Gasteiger partial charge in [-0.15, -0.1) is 0 Å². The second-order valence-electron chi connectivity index (χ2n) is 7.87. The van der Waals surface area contributed by atoms with Gasteiger partial charge in [0.15, 0.2) is 0 Å². The molecule has 1 amide bonds. The number of piperidine rings is 1. The van der Waals surface area contributed by atoms with Gasteiger partial charge in [-0.1, -0.05) is 6.42 Å². The number of carbonyl (C=O) groups excluding carboxylic acids is 1. The van der Waals surface area contributed by atoms with E-state index >= 15 is 0 Å². The monoisotopic (exact) mass is 449 g/mol. The summed E-state index contributed by atoms with van der Waals surface area (Å²) in [7, 11) is -3.98. The summed E-state index contributed by atoms with van der Waals surface area (Å²) in [6.45, 7) is 2.73. The van der Waals surface area contributed by atoms with Crippen LogP contribution in [-0.2, 0) is 10.0 Å². The molecule has 0 bridgehead atoms. The normalized spacial score (nSPS) is 18.3. The van der Waals surface area contributed by atoms with Crippen molar-refractivity contribution in [3.05, 3.63) is 59.7 Å². The van der Waals surface area contributed by atoms with Gasteiger partial charge < -0.3 is 9.80 Å². The fraction of sp³-hybridized carbons (Fsp3) is 0.409. The third-order valence-electron chi connectivity index (χ3n) is 5.87. The first-order valence-electron chi connectivity index (χ1n) is 10.5. The summed E-state index contributed by atoms with van der Waals surface area (Å²) < 4.78 is 54.7. The maximum absolute atomic E-state index is 14.4. The van der Waals surface area contributed by atoms with Crippen molar-refractivity contribution in [1.82, 2.24) is 9.21 Å². The lowest BCUT2D eigenvalue weighted by molar-refractivity contribution is 0.0746. The number of amides is 1. The molecule has 2 aliphatic heterocycles. The molecule has 0 spiro atoms. The van der Waals surface area contributed by atoms with Crippen LogP contribution in [0.15, 0.2) is 47.4 Å². The Morgan fingerprint density at radius 2 is 1.45 bits per heavy atom. The number of benzene rings is 2. The van der Waals surface area contributed by atoms with Crippen LogP contribution in [0.25, 0.3) is 0 Å². The Balaban J connectivity index is 1.48. The Hall–Kier alpha value is -2.52. The number of rotatable bonds is 4. The Bertz CT molecular complexity index is 1050. The molecule has 2 aliphatic rings. The van der Waals surface area contributed by atoms with E-state index in [0.29, 0.717) is 39.3 Å². The van der Waals surface area contributed by atoms with Gasteiger partial charge in [-0.3, -0.25) is 4.79 Å². The zero-order valence-corrected chi connectivity index (χ0v) is 18.0. The molecule has 0 aromatic heterocycles. The first-order chi connectivity index (χ1) is 14.9. The summed E-state index contributed by atoms with van der Waals surface area (Å²) in [5.74, 6) is -1.47. The zero-order chi connectivity index (χ0) is 22.0. The van der Waals surface area contributed by atoms with Gasteiger partial charge in [0.25, 0.3) is 5.91 Å². The first-order valence-corrected chi connectivity index (χ1v) is 11.9. The van der Waals surface area contributed by atoms with Crippen LogP contribution in [-0.4, -0.2) is 62.8 Å². The van der Waals surface area contributed by atoms with Crippen molar-refractivity contribution in [3.8, 4) is 0 Å². The predicted molar refractivity (Wildman–Crippen MR) is 114 cm³/mol. The van der Waals surface area contributed by atoms with E-state index in [1.807, 2.05) is 0 Å². The van der Waals surface area contributed by atoms with E-state index in [-0.39, 0.29) is 17.3 Å². The molecule has 4 rings (SSSR count). The predicted octanol–water partition coefficient (Wildman–Crippen LogP) is 3.10. The number of piperazine rings is 1. The van der Waals surface area contributed by atoms with Crippen LogP contribution >= 0.6 is 0 Å². The topological polar surface area (TPSA) is 60.9 Å². The SMILES string of the molecule is O=C(c1ccc(F)c(S(=O)(=O)N2CCCCC2)c1)N1CCN(c2ccc(F)cc2)CC1. The van der Waals surface area contributed by atoms with Gasteiger partial charge in [-0.2, -0.15) is 4.31 Å². The third kappa shape index (κ3) is 4.57. The van der Waals surface area contributed by atoms with Crippen LogP contribution in [0.4, 0.5) is 14.5 Å². The van der Waals surface area contributed by atoms with Crippen LogP contribution in [0.3, 0.4) is 0 Å². The summed E-state index contributed by atoms with van der Waals surface area (Å²) in [6.07, 6.45) is 2.45. The molecule has 9 heteroatoms. The molecule has 0 radical (unpaired) electrons. The standard InChI is InChI=1S/C22H25F2N3O3S/c23-18-5-7-19(8-6-18)25-12-14-26(15-13-25)22(28)17-4-9-20(24)21(16-17)31(29,30)27-10-2-1-3-11-27/h4-9,16H,1-3,10-15H2. The molecule has 0 aliphatic carbocycles. The summed E-state index contributed by atoms with van der Waals surface area (Å²) in [4.78, 5) is 16.2. The van der Waals surface area contributed by atoms with Crippen LogP contribution in [0.5, 0.6) is 0 Å². The third-order valence-corrected chi connectivity index (χ3v) is 7.78. The maximum Gasteiger partial charge on any atom is 0.254 e. The first kappa shape index (κ1) is 21.7. The smallest absolute Gasteiger partial charge is 0.254 e. The zero-order valence-electron chi connectivity index (χ0n) is 17.1. The van der Waals surface area contributed by atoms with E-state index in [1.54, 1.807) is 17.0 Å². The number of hydrogen-bond acceptors (Lipinski definition) is 4. The summed E-state index contributed by atoms with van der Waals surface area (Å²) >= 11 is 0. The molecule has 0 saturated carbocycles. The van der Waals surface area contributed by atoms with Crippen molar-refractivity contribution < 1.29 is 22.0 Å². The molecule has 31 heavy (non-hydrogen) atoms. The fourth-order valence-corrected chi connectivity index (χ4v) is 5.69. The van der Waals surface area contributed by atoms with Crippen LogP contribution in [0, 0.1) is 11.6 Å². The maximum atomic E-state index is 14.4. The van der Waals surface area contributed by atoms with Crippen molar-refractivity contribution >= 4 is 21.6 Å². The lowest BCUT2D eigenvalue weighted by Gasteiger charge is -2.36. The number of nitrogens with zero attached hydrogens (tertiary/aromatic N) is 3. The Morgan fingerprint density at radius 1 is 0.806 bits per heavy atom. The van der Waals surface area contributed by atoms with Crippen LogP contribution in [0.1, 0.15) is 29.6 Å². The van der Waals surface area contributed by atoms with Crippen molar-refractivity contribution in [1.29, 1.82) is 0 Å². The summed E-state index contributed by atoms with van der Waals surface area (Å²) in [5, 5.41) is 0. The van der Waals surface area contributed by atoms with E-state index in [0.717, 1.165) is 37.1 Å². The fourth-order valence-electron chi connectivity index (χ4n) is 4.08. The highest BCUT2D eigenvalue weighted by atomic mass is 32.2. The van der Waals surface area contributed by atoms with Gasteiger partial charge in [0.1, 0.15) is 16.5 Å². The van der Waals surface area contributed by atoms with Crippen molar-refractivity contribution in [3.63, 3.8) is 0 Å². The van der Waals surface area contributed by atoms with Crippen molar-refractivity contribution in [2.24, 2.45) is 0 Å². The Kier molecular flexibility index (Phi) is 6.24. The molecule has 2 heterocycles. The highest BCUT2D eigenvalue weighted by Crippen LogP contribution is 2.25. The van der Waals surface area contributed by atoms with Gasteiger partial charge >= 0.3 is 0 Å². The largest absolute Gasteiger partial charge is 0.368 e. The molecule has 0 unspecified atom stereocenters. The summed E-state index contributed by atoms with van der Waals surface area (Å²) in [6, 6.07) is 9.74. The van der Waals surface area contributed by atoms with E-state index in [9.17, 15) is 22.0 Å². The second-order valence-corrected chi connectivity index (χ2v) is 9.77. The quantitative estimate of drug-likeness (QED) is 0.720. The van der Waals surface area contributed by atoms with Crippen LogP contribution < -0.4 is 4.90 Å². The van der Waals surface area contributed by atoms with Gasteiger partial charge in [-0.05, 0) is 55.3 Å². The molecule has 166 valence electrons. The van der Waals surface area contributed by atoms with Crippen molar-refractivity contribution in [2.75, 3.05) is 44.2 Å². The van der Waals surface area contributed by atoms with Gasteiger partial charge in [0.2, 0.25) is 10.0 Å². The Morgan fingerprint density at radius 3 is 2.10 bits per heavy atom.